The van der Waals surface area contributed by atoms with Crippen LogP contribution in [0.25, 0.3) is 127 Å². The topological polar surface area (TPSA) is 70.1 Å². The van der Waals surface area contributed by atoms with Crippen molar-refractivity contribution in [1.82, 2.24) is 14.5 Å². The number of para-hydroxylation sites is 3. The fourth-order valence-corrected chi connectivity index (χ4v) is 8.88. The number of hydrogen-bond donors (Lipinski definition) is 0. The van der Waals surface area contributed by atoms with E-state index in [0.717, 1.165) is 105 Å². The zero-order valence-corrected chi connectivity index (χ0v) is 30.8. The van der Waals surface area contributed by atoms with Gasteiger partial charge in [-0.25, -0.2) is 9.97 Å². The Labute approximate surface area is 329 Å². The highest BCUT2D eigenvalue weighted by Crippen LogP contribution is 2.43. The molecule has 13 rings (SSSR count). The van der Waals surface area contributed by atoms with Crippen molar-refractivity contribution in [3.8, 4) is 39.5 Å². The van der Waals surface area contributed by atoms with E-state index in [2.05, 4.69) is 138 Å². The fourth-order valence-electron chi connectivity index (χ4n) is 8.88. The van der Waals surface area contributed by atoms with Gasteiger partial charge in [0.05, 0.1) is 11.0 Å². The molecule has 5 aromatic heterocycles. The average molecular weight is 744 g/mol. The van der Waals surface area contributed by atoms with E-state index in [1.165, 1.54) is 5.56 Å². The molecule has 0 saturated carbocycles. The Hall–Kier alpha value is -7.96. The molecule has 0 N–H and O–H groups in total. The molecular formula is C52H29N3O3. The Kier molecular flexibility index (Phi) is 6.35. The predicted octanol–water partition coefficient (Wildman–Crippen LogP) is 14.3. The molecule has 0 spiro atoms. The Balaban J connectivity index is 1.11. The van der Waals surface area contributed by atoms with E-state index in [9.17, 15) is 0 Å². The molecule has 0 radical (unpaired) electrons. The number of nitrogens with zero attached hydrogens (tertiary/aromatic N) is 3. The molecule has 0 unspecified atom stereocenters. The number of rotatable bonds is 4. The van der Waals surface area contributed by atoms with E-state index in [1.807, 2.05) is 42.5 Å². The maximum atomic E-state index is 6.91. The van der Waals surface area contributed by atoms with E-state index < -0.39 is 0 Å². The molecule has 6 heteroatoms. The second kappa shape index (κ2) is 11.8. The molecule has 0 amide bonds. The van der Waals surface area contributed by atoms with Crippen LogP contribution >= 0.6 is 0 Å². The SMILES string of the molecule is c1ccc(-c2ccc3c(c2)c2cc4c(cc2n3-c2ccccc2)oc2c(-c3ccc5c(c3)oc3ccccc35)nc(-c3ccc5c(c3)oc3ccccc35)nc24)cc1. The monoisotopic (exact) mass is 743 g/mol. The van der Waals surface area contributed by atoms with Crippen LogP contribution in [0.5, 0.6) is 0 Å². The molecule has 58 heavy (non-hydrogen) atoms. The molecule has 270 valence electrons. The molecule has 0 atom stereocenters. The second-order valence-electron chi connectivity index (χ2n) is 14.9. The van der Waals surface area contributed by atoms with Gasteiger partial charge >= 0.3 is 0 Å². The van der Waals surface area contributed by atoms with Crippen LogP contribution in [0, 0.1) is 0 Å². The van der Waals surface area contributed by atoms with Crippen molar-refractivity contribution >= 4 is 87.8 Å². The lowest BCUT2D eigenvalue weighted by Crippen LogP contribution is -1.94. The van der Waals surface area contributed by atoms with Gasteiger partial charge < -0.3 is 17.8 Å². The summed E-state index contributed by atoms with van der Waals surface area (Å²) in [6.07, 6.45) is 0. The quantitative estimate of drug-likeness (QED) is 0.179. The van der Waals surface area contributed by atoms with Crippen molar-refractivity contribution in [1.29, 1.82) is 0 Å². The van der Waals surface area contributed by atoms with Gasteiger partial charge in [0.25, 0.3) is 0 Å². The Morgan fingerprint density at radius 2 is 0.931 bits per heavy atom. The third-order valence-electron chi connectivity index (χ3n) is 11.6. The summed E-state index contributed by atoms with van der Waals surface area (Å²) in [6, 6.07) is 60.9. The smallest absolute Gasteiger partial charge is 0.180 e. The molecular weight excluding hydrogens is 715 g/mol. The van der Waals surface area contributed by atoms with Gasteiger partial charge in [-0.15, -0.1) is 0 Å². The molecule has 0 aliphatic carbocycles. The maximum absolute atomic E-state index is 6.91. The lowest BCUT2D eigenvalue weighted by atomic mass is 10.0. The lowest BCUT2D eigenvalue weighted by Gasteiger charge is -2.08. The number of aromatic nitrogens is 3. The molecule has 8 aromatic carbocycles. The molecule has 0 bridgehead atoms. The summed E-state index contributed by atoms with van der Waals surface area (Å²) in [5.41, 5.74) is 13.3. The number of hydrogen-bond acceptors (Lipinski definition) is 5. The van der Waals surface area contributed by atoms with E-state index in [1.54, 1.807) is 0 Å². The third kappa shape index (κ3) is 4.54. The fraction of sp³-hybridized carbons (Fsp3) is 0. The number of furan rings is 3. The van der Waals surface area contributed by atoms with Gasteiger partial charge in [-0.1, -0.05) is 103 Å². The first-order valence-electron chi connectivity index (χ1n) is 19.4. The zero-order chi connectivity index (χ0) is 37.9. The highest BCUT2D eigenvalue weighted by molar-refractivity contribution is 6.18. The van der Waals surface area contributed by atoms with Crippen LogP contribution in [0.4, 0.5) is 0 Å². The number of benzene rings is 8. The summed E-state index contributed by atoms with van der Waals surface area (Å²) in [5, 5.41) is 7.44. The first kappa shape index (κ1) is 31.3. The van der Waals surface area contributed by atoms with Crippen molar-refractivity contribution in [3.05, 3.63) is 176 Å². The van der Waals surface area contributed by atoms with Crippen LogP contribution in [0.15, 0.2) is 189 Å². The predicted molar refractivity (Wildman–Crippen MR) is 235 cm³/mol. The lowest BCUT2D eigenvalue weighted by molar-refractivity contribution is 0.666. The molecule has 0 saturated heterocycles. The summed E-state index contributed by atoms with van der Waals surface area (Å²) in [6.45, 7) is 0. The van der Waals surface area contributed by atoms with Crippen LogP contribution < -0.4 is 0 Å². The highest BCUT2D eigenvalue weighted by atomic mass is 16.3. The molecule has 13 aromatic rings. The second-order valence-corrected chi connectivity index (χ2v) is 14.9. The van der Waals surface area contributed by atoms with Crippen molar-refractivity contribution in [2.45, 2.75) is 0 Å². The maximum Gasteiger partial charge on any atom is 0.180 e. The van der Waals surface area contributed by atoms with E-state index in [-0.39, 0.29) is 0 Å². The van der Waals surface area contributed by atoms with E-state index in [0.29, 0.717) is 17.1 Å². The van der Waals surface area contributed by atoms with Gasteiger partial charge in [0, 0.05) is 60.6 Å². The first-order valence-corrected chi connectivity index (χ1v) is 19.4. The molecule has 0 aliphatic heterocycles. The Morgan fingerprint density at radius 1 is 0.345 bits per heavy atom. The summed E-state index contributed by atoms with van der Waals surface area (Å²) >= 11 is 0. The average Bonchev–Trinajstić information content (AvgIpc) is 4.03. The third-order valence-corrected chi connectivity index (χ3v) is 11.6. The van der Waals surface area contributed by atoms with Gasteiger partial charge in [-0.05, 0) is 77.9 Å². The Morgan fingerprint density at radius 3 is 1.67 bits per heavy atom. The van der Waals surface area contributed by atoms with Gasteiger partial charge in [0.2, 0.25) is 0 Å². The van der Waals surface area contributed by atoms with Gasteiger partial charge in [0.1, 0.15) is 39.1 Å². The summed E-state index contributed by atoms with van der Waals surface area (Å²) < 4.78 is 21.9. The molecule has 6 nitrogen and oxygen atoms in total. The zero-order valence-electron chi connectivity index (χ0n) is 30.8. The van der Waals surface area contributed by atoms with Crippen LogP contribution in [0.3, 0.4) is 0 Å². The van der Waals surface area contributed by atoms with Crippen LogP contribution in [0.1, 0.15) is 0 Å². The van der Waals surface area contributed by atoms with Crippen LogP contribution in [-0.2, 0) is 0 Å². The number of fused-ring (bicyclic) bond motifs is 12. The molecule has 5 heterocycles. The first-order chi connectivity index (χ1) is 28.7. The molecule has 0 aliphatic rings. The summed E-state index contributed by atoms with van der Waals surface area (Å²) in [5.74, 6) is 0.579. The van der Waals surface area contributed by atoms with E-state index in [4.69, 9.17) is 23.2 Å². The van der Waals surface area contributed by atoms with Crippen molar-refractivity contribution < 1.29 is 13.3 Å². The van der Waals surface area contributed by atoms with Gasteiger partial charge in [-0.3, -0.25) is 0 Å². The summed E-state index contributed by atoms with van der Waals surface area (Å²) in [4.78, 5) is 10.6. The largest absolute Gasteiger partial charge is 0.456 e. The van der Waals surface area contributed by atoms with Crippen molar-refractivity contribution in [2.24, 2.45) is 0 Å². The van der Waals surface area contributed by atoms with E-state index >= 15 is 0 Å². The minimum Gasteiger partial charge on any atom is -0.456 e. The highest BCUT2D eigenvalue weighted by Gasteiger charge is 2.23. The van der Waals surface area contributed by atoms with Gasteiger partial charge in [-0.2, -0.15) is 0 Å². The van der Waals surface area contributed by atoms with Crippen molar-refractivity contribution in [3.63, 3.8) is 0 Å². The standard InChI is InChI=1S/C52H29N3O3/c1-3-11-30(12-4-1)31-21-24-42-39(25-31)40-28-41-48(29-43(40)55(42)34-13-5-2-6-14-34)58-51-49(32-19-22-37-35-15-7-9-17-44(35)56-46(37)26-32)53-52(54-50(41)51)33-20-23-38-36-16-8-10-18-45(36)57-47(38)27-33/h1-29H. The van der Waals surface area contributed by atoms with Crippen molar-refractivity contribution in [2.75, 3.05) is 0 Å². The molecule has 0 fully saturated rings. The van der Waals surface area contributed by atoms with Crippen LogP contribution in [-0.4, -0.2) is 14.5 Å². The Bertz CT molecular complexity index is 3800. The summed E-state index contributed by atoms with van der Waals surface area (Å²) in [7, 11) is 0. The van der Waals surface area contributed by atoms with Crippen LogP contribution in [0.2, 0.25) is 0 Å². The normalized spacial score (nSPS) is 12.1. The minimum absolute atomic E-state index is 0.579. The minimum atomic E-state index is 0.579. The van der Waals surface area contributed by atoms with Gasteiger partial charge in [0.15, 0.2) is 11.4 Å².